The number of nitrogens with zero attached hydrogens (tertiary/aromatic N) is 2. The number of carbonyl (C=O) groups excluding carboxylic acids is 1. The first kappa shape index (κ1) is 20.0. The molecular weight excluding hydrogens is 363 g/mol. The molecule has 3 rings (SSSR count). The van der Waals surface area contributed by atoms with Crippen molar-refractivity contribution in [3.63, 3.8) is 0 Å². The van der Waals surface area contributed by atoms with Gasteiger partial charge in [-0.1, -0.05) is 18.6 Å². The number of rotatable bonds is 6. The van der Waals surface area contributed by atoms with Crippen LogP contribution in [0.2, 0.25) is 0 Å². The molecule has 2 aromatic rings. The largest absolute Gasteiger partial charge is 0.501 e. The van der Waals surface area contributed by atoms with Gasteiger partial charge in [-0.15, -0.1) is 0 Å². The predicted molar refractivity (Wildman–Crippen MR) is 103 cm³/mol. The molecule has 150 valence electrons. The molecule has 0 spiro atoms. The lowest BCUT2D eigenvalue weighted by atomic mass is 10.1. The van der Waals surface area contributed by atoms with Crippen LogP contribution in [0.15, 0.2) is 29.1 Å². The van der Waals surface area contributed by atoms with E-state index >= 15 is 0 Å². The number of likely N-dealkylation sites (tertiary alicyclic amines) is 1. The summed E-state index contributed by atoms with van der Waals surface area (Å²) in [5.41, 5.74) is -0.340. The van der Waals surface area contributed by atoms with Gasteiger partial charge in [-0.3, -0.25) is 9.59 Å². The van der Waals surface area contributed by atoms with Gasteiger partial charge in [-0.25, -0.2) is 9.37 Å². The second-order valence-corrected chi connectivity index (χ2v) is 7.17. The number of benzene rings is 1. The van der Waals surface area contributed by atoms with Crippen molar-refractivity contribution in [2.45, 2.75) is 45.2 Å². The van der Waals surface area contributed by atoms with Gasteiger partial charge in [0.05, 0.1) is 0 Å². The van der Waals surface area contributed by atoms with Gasteiger partial charge in [0.25, 0.3) is 11.5 Å². The molecule has 3 N–H and O–H groups in total. The van der Waals surface area contributed by atoms with E-state index in [9.17, 15) is 19.1 Å². The van der Waals surface area contributed by atoms with Crippen molar-refractivity contribution in [3.8, 4) is 5.75 Å². The first-order valence-electron chi connectivity index (χ1n) is 9.53. The molecule has 8 heteroatoms. The van der Waals surface area contributed by atoms with Gasteiger partial charge in [-0.05, 0) is 50.6 Å². The Bertz CT molecular complexity index is 876. The molecule has 1 atom stereocenters. The summed E-state index contributed by atoms with van der Waals surface area (Å²) >= 11 is 0. The molecule has 2 heterocycles. The van der Waals surface area contributed by atoms with Crippen molar-refractivity contribution in [2.75, 3.05) is 13.1 Å². The third kappa shape index (κ3) is 4.95. The first-order valence-corrected chi connectivity index (χ1v) is 9.53. The van der Waals surface area contributed by atoms with Crippen molar-refractivity contribution in [2.24, 2.45) is 0 Å². The maximum atomic E-state index is 13.0. The fraction of sp³-hybridized carbons (Fsp3) is 0.450. The smallest absolute Gasteiger partial charge is 0.293 e. The lowest BCUT2D eigenvalue weighted by Gasteiger charge is -2.32. The molecule has 1 unspecified atom stereocenters. The Morgan fingerprint density at radius 2 is 1.96 bits per heavy atom. The fourth-order valence-electron chi connectivity index (χ4n) is 3.41. The van der Waals surface area contributed by atoms with E-state index in [4.69, 9.17) is 0 Å². The maximum absolute atomic E-state index is 13.0. The Hall–Kier alpha value is -2.74. The van der Waals surface area contributed by atoms with Gasteiger partial charge in [0, 0.05) is 19.0 Å². The van der Waals surface area contributed by atoms with Gasteiger partial charge < -0.3 is 20.3 Å². The Morgan fingerprint density at radius 3 is 2.64 bits per heavy atom. The van der Waals surface area contributed by atoms with Crippen LogP contribution in [0.1, 0.15) is 48.1 Å². The number of hydrogen-bond acceptors (Lipinski definition) is 5. The van der Waals surface area contributed by atoms with Gasteiger partial charge in [0.1, 0.15) is 11.6 Å². The Kier molecular flexibility index (Phi) is 6.41. The van der Waals surface area contributed by atoms with Crippen LogP contribution in [0.3, 0.4) is 0 Å². The van der Waals surface area contributed by atoms with E-state index in [0.717, 1.165) is 25.9 Å². The average molecular weight is 388 g/mol. The molecule has 1 aromatic carbocycles. The van der Waals surface area contributed by atoms with E-state index in [1.807, 2.05) is 0 Å². The SMILES string of the molecule is CC(Cc1nc(C(=O)NCc2ccc(F)cc2)c(O)c(=O)[nH]1)N1CCCCC1. The zero-order valence-electron chi connectivity index (χ0n) is 15.9. The van der Waals surface area contributed by atoms with Crippen molar-refractivity contribution >= 4 is 5.91 Å². The third-order valence-corrected chi connectivity index (χ3v) is 5.03. The quantitative estimate of drug-likeness (QED) is 0.703. The van der Waals surface area contributed by atoms with E-state index in [2.05, 4.69) is 27.1 Å². The monoisotopic (exact) mass is 388 g/mol. The second-order valence-electron chi connectivity index (χ2n) is 7.17. The molecule has 1 aromatic heterocycles. The summed E-state index contributed by atoms with van der Waals surface area (Å²) in [4.78, 5) is 33.6. The van der Waals surface area contributed by atoms with Crippen LogP contribution in [0.4, 0.5) is 4.39 Å². The van der Waals surface area contributed by atoms with E-state index in [-0.39, 0.29) is 24.1 Å². The van der Waals surface area contributed by atoms with Crippen LogP contribution in [0.25, 0.3) is 0 Å². The highest BCUT2D eigenvalue weighted by Crippen LogP contribution is 2.15. The topological polar surface area (TPSA) is 98.3 Å². The minimum Gasteiger partial charge on any atom is -0.501 e. The molecule has 1 saturated heterocycles. The number of carbonyl (C=O) groups is 1. The van der Waals surface area contributed by atoms with E-state index < -0.39 is 17.2 Å². The van der Waals surface area contributed by atoms with Crippen LogP contribution in [0, 0.1) is 5.82 Å². The van der Waals surface area contributed by atoms with Crippen LogP contribution in [-0.2, 0) is 13.0 Å². The molecule has 0 bridgehead atoms. The highest BCUT2D eigenvalue weighted by Gasteiger charge is 2.21. The number of aromatic nitrogens is 2. The van der Waals surface area contributed by atoms with Crippen LogP contribution in [-0.4, -0.2) is 45.0 Å². The summed E-state index contributed by atoms with van der Waals surface area (Å²) < 4.78 is 13.0. The zero-order valence-corrected chi connectivity index (χ0v) is 15.9. The van der Waals surface area contributed by atoms with E-state index in [1.165, 1.54) is 18.6 Å². The molecule has 7 nitrogen and oxygen atoms in total. The summed E-state index contributed by atoms with van der Waals surface area (Å²) in [5, 5.41) is 12.6. The molecule has 0 saturated carbocycles. The highest BCUT2D eigenvalue weighted by molar-refractivity contribution is 5.94. The normalized spacial score (nSPS) is 15.9. The lowest BCUT2D eigenvalue weighted by Crippen LogP contribution is -2.39. The molecular formula is C20H25FN4O3. The number of halogens is 1. The molecule has 0 radical (unpaired) electrons. The summed E-state index contributed by atoms with van der Waals surface area (Å²) in [6, 6.07) is 5.86. The standard InChI is InChI=1S/C20H25FN4O3/c1-13(25-9-3-2-4-10-25)11-16-23-17(18(26)20(28)24-16)19(27)22-12-14-5-7-15(21)8-6-14/h5-8,13,26H,2-4,9-12H2,1H3,(H,22,27)(H,23,24,28). The predicted octanol–water partition coefficient (Wildman–Crippen LogP) is 1.96. The van der Waals surface area contributed by atoms with Crippen molar-refractivity contribution in [3.05, 3.63) is 57.5 Å². The van der Waals surface area contributed by atoms with Crippen LogP contribution < -0.4 is 10.9 Å². The number of H-pyrrole nitrogens is 1. The number of amides is 1. The van der Waals surface area contributed by atoms with Crippen molar-refractivity contribution in [1.29, 1.82) is 0 Å². The lowest BCUT2D eigenvalue weighted by molar-refractivity contribution is 0.0941. The molecule has 0 aliphatic carbocycles. The maximum Gasteiger partial charge on any atom is 0.293 e. The van der Waals surface area contributed by atoms with E-state index in [0.29, 0.717) is 17.8 Å². The Labute approximate surface area is 162 Å². The third-order valence-electron chi connectivity index (χ3n) is 5.03. The van der Waals surface area contributed by atoms with Gasteiger partial charge >= 0.3 is 0 Å². The highest BCUT2D eigenvalue weighted by atomic mass is 19.1. The van der Waals surface area contributed by atoms with Gasteiger partial charge in [0.15, 0.2) is 5.69 Å². The first-order chi connectivity index (χ1) is 13.4. The summed E-state index contributed by atoms with van der Waals surface area (Å²) in [5.74, 6) is -1.35. The van der Waals surface area contributed by atoms with E-state index in [1.54, 1.807) is 12.1 Å². The van der Waals surface area contributed by atoms with Crippen molar-refractivity contribution in [1.82, 2.24) is 20.2 Å². The number of nitrogens with one attached hydrogen (secondary N) is 2. The Morgan fingerprint density at radius 1 is 1.29 bits per heavy atom. The number of hydrogen-bond donors (Lipinski definition) is 3. The van der Waals surface area contributed by atoms with Gasteiger partial charge in [0.2, 0.25) is 5.75 Å². The zero-order chi connectivity index (χ0) is 20.1. The Balaban J connectivity index is 1.70. The summed E-state index contributed by atoms with van der Waals surface area (Å²) in [6.07, 6.45) is 4.02. The fourth-order valence-corrected chi connectivity index (χ4v) is 3.41. The average Bonchev–Trinajstić information content (AvgIpc) is 2.70. The van der Waals surface area contributed by atoms with Crippen molar-refractivity contribution < 1.29 is 14.3 Å². The molecule has 1 aliphatic heterocycles. The van der Waals surface area contributed by atoms with Gasteiger partial charge in [-0.2, -0.15) is 0 Å². The summed E-state index contributed by atoms with van der Waals surface area (Å²) in [6.45, 7) is 4.21. The molecule has 1 aliphatic rings. The van der Waals surface area contributed by atoms with Crippen LogP contribution in [0.5, 0.6) is 5.75 Å². The minimum absolute atomic E-state index is 0.131. The molecule has 28 heavy (non-hydrogen) atoms. The number of aromatic hydroxyl groups is 1. The minimum atomic E-state index is -0.734. The second kappa shape index (κ2) is 8.97. The summed E-state index contributed by atoms with van der Waals surface area (Å²) in [7, 11) is 0. The molecule has 1 fully saturated rings. The van der Waals surface area contributed by atoms with Crippen LogP contribution >= 0.6 is 0 Å². The number of piperidine rings is 1. The number of aromatic amines is 1. The molecule has 1 amide bonds.